The molecule has 38 heavy (non-hydrogen) atoms. The van der Waals surface area contributed by atoms with Crippen molar-refractivity contribution in [3.63, 3.8) is 0 Å². The first kappa shape index (κ1) is 28.4. The van der Waals surface area contributed by atoms with Crippen molar-refractivity contribution in [2.24, 2.45) is 0 Å². The molecule has 11 heteroatoms. The van der Waals surface area contributed by atoms with Gasteiger partial charge >= 0.3 is 0 Å². The summed E-state index contributed by atoms with van der Waals surface area (Å²) >= 11 is 13.0. The fourth-order valence-electron chi connectivity index (χ4n) is 4.45. The fourth-order valence-corrected chi connectivity index (χ4v) is 5.00. The number of halogens is 3. The highest BCUT2D eigenvalue weighted by atomic mass is 35.5. The van der Waals surface area contributed by atoms with E-state index in [9.17, 15) is 4.79 Å². The van der Waals surface area contributed by atoms with Gasteiger partial charge in [0.05, 0.1) is 29.0 Å². The third-order valence-corrected chi connectivity index (χ3v) is 6.99. The van der Waals surface area contributed by atoms with E-state index < -0.39 is 0 Å². The molecule has 1 N–H and O–H groups in total. The van der Waals surface area contributed by atoms with E-state index in [1.165, 1.54) is 0 Å². The smallest absolute Gasteiger partial charge is 0.262 e. The van der Waals surface area contributed by atoms with Gasteiger partial charge in [0.25, 0.3) is 5.56 Å². The van der Waals surface area contributed by atoms with E-state index in [2.05, 4.69) is 9.88 Å². The van der Waals surface area contributed by atoms with Crippen molar-refractivity contribution in [1.29, 1.82) is 0 Å². The van der Waals surface area contributed by atoms with Crippen molar-refractivity contribution in [3.05, 3.63) is 79.9 Å². The Bertz CT molecular complexity index is 1430. The van der Waals surface area contributed by atoms with Crippen LogP contribution in [-0.4, -0.2) is 64.1 Å². The molecule has 2 aromatic heterocycles. The molecule has 1 aliphatic heterocycles. The summed E-state index contributed by atoms with van der Waals surface area (Å²) in [5.41, 5.74) is 2.34. The molecule has 0 atom stereocenters. The number of aromatic nitrogens is 4. The quantitative estimate of drug-likeness (QED) is 0.307. The van der Waals surface area contributed by atoms with Crippen LogP contribution in [0, 0.1) is 0 Å². The van der Waals surface area contributed by atoms with Crippen molar-refractivity contribution in [2.45, 2.75) is 26.2 Å². The van der Waals surface area contributed by atoms with Crippen molar-refractivity contribution >= 4 is 46.6 Å². The molecule has 0 radical (unpaired) electrons. The van der Waals surface area contributed by atoms with E-state index in [1.54, 1.807) is 22.9 Å². The molecule has 8 nitrogen and oxygen atoms in total. The van der Waals surface area contributed by atoms with Crippen LogP contribution in [0.4, 0.5) is 0 Å². The van der Waals surface area contributed by atoms with Crippen LogP contribution in [0.5, 0.6) is 5.75 Å². The molecule has 1 aliphatic rings. The van der Waals surface area contributed by atoms with Gasteiger partial charge in [0, 0.05) is 26.1 Å². The summed E-state index contributed by atoms with van der Waals surface area (Å²) in [4.78, 5) is 23.3. The summed E-state index contributed by atoms with van der Waals surface area (Å²) in [5.74, 6) is 1.34. The van der Waals surface area contributed by atoms with Crippen LogP contribution in [0.1, 0.15) is 36.8 Å². The number of morpholine rings is 1. The minimum atomic E-state index is -0.235. The van der Waals surface area contributed by atoms with Crippen LogP contribution < -0.4 is 10.3 Å². The van der Waals surface area contributed by atoms with E-state index in [-0.39, 0.29) is 23.9 Å². The fraction of sp³-hybridized carbons (Fsp3) is 0.370. The second-order valence-corrected chi connectivity index (χ2v) is 10.2. The number of ether oxygens (including phenoxy) is 2. The molecular weight excluding hydrogens is 549 g/mol. The maximum atomic E-state index is 13.2. The third kappa shape index (κ3) is 6.16. The Morgan fingerprint density at radius 3 is 2.42 bits per heavy atom. The number of rotatable bonds is 8. The molecular formula is C27H30Cl3N5O3. The number of nitrogens with one attached hydrogen (secondary N) is 1. The Hall–Kier alpha value is -2.62. The second-order valence-electron chi connectivity index (χ2n) is 9.36. The highest BCUT2D eigenvalue weighted by Gasteiger charge is 2.22. The number of benzene rings is 2. The Kier molecular flexibility index (Phi) is 9.33. The molecule has 4 aromatic rings. The normalized spacial score (nSPS) is 14.1. The van der Waals surface area contributed by atoms with Gasteiger partial charge < -0.3 is 14.5 Å². The Morgan fingerprint density at radius 2 is 1.76 bits per heavy atom. The van der Waals surface area contributed by atoms with Crippen molar-refractivity contribution in [2.75, 3.05) is 39.5 Å². The van der Waals surface area contributed by atoms with Crippen LogP contribution in [-0.2, 0) is 11.2 Å². The Balaban J connectivity index is 0.00000336. The summed E-state index contributed by atoms with van der Waals surface area (Å²) in [6.45, 7) is 8.91. The molecule has 3 heterocycles. The van der Waals surface area contributed by atoms with Gasteiger partial charge in [0.15, 0.2) is 5.65 Å². The zero-order chi connectivity index (χ0) is 25.9. The number of hydrogen-bond acceptors (Lipinski definition) is 6. The minimum Gasteiger partial charge on any atom is -0.492 e. The average molecular weight is 579 g/mol. The molecule has 0 bridgehead atoms. The molecule has 2 aromatic carbocycles. The van der Waals surface area contributed by atoms with Gasteiger partial charge in [-0.3, -0.25) is 9.69 Å². The number of fused-ring (bicyclic) bond motifs is 1. The first-order valence-electron chi connectivity index (χ1n) is 12.4. The monoisotopic (exact) mass is 577 g/mol. The Morgan fingerprint density at radius 1 is 1.08 bits per heavy atom. The van der Waals surface area contributed by atoms with Gasteiger partial charge in [-0.2, -0.15) is 5.10 Å². The first-order valence-corrected chi connectivity index (χ1v) is 13.1. The topological polar surface area (TPSA) is 85.3 Å². The predicted molar refractivity (Wildman–Crippen MR) is 153 cm³/mol. The summed E-state index contributed by atoms with van der Waals surface area (Å²) in [6.07, 6.45) is 0.442. The molecule has 1 fully saturated rings. The van der Waals surface area contributed by atoms with Gasteiger partial charge in [0.2, 0.25) is 0 Å². The van der Waals surface area contributed by atoms with Crippen LogP contribution in [0.2, 0.25) is 10.0 Å². The lowest BCUT2D eigenvalue weighted by Crippen LogP contribution is -2.38. The second kappa shape index (κ2) is 12.5. The van der Waals surface area contributed by atoms with Gasteiger partial charge in [-0.05, 0) is 35.7 Å². The van der Waals surface area contributed by atoms with Gasteiger partial charge in [-0.1, -0.05) is 55.2 Å². The Labute approximate surface area is 237 Å². The number of para-hydroxylation sites is 1. The van der Waals surface area contributed by atoms with Gasteiger partial charge in [-0.25, -0.2) is 9.67 Å². The molecule has 0 unspecified atom stereocenters. The summed E-state index contributed by atoms with van der Waals surface area (Å²) in [5, 5.41) is 6.01. The lowest BCUT2D eigenvalue weighted by Gasteiger charge is -2.26. The standard InChI is InChI=1S/C27H29Cl2N5O3.ClH/c1-17(2)24-23-26(34(32-24)25-20(28)4-3-5-21(25)29)30-22(31-27(23)35)16-18-6-8-19(9-7-18)37-15-12-33-10-13-36-14-11-33;/h3-9,17H,10-16H2,1-2H3,(H,30,31,35);1H. The zero-order valence-corrected chi connectivity index (χ0v) is 23.6. The van der Waals surface area contributed by atoms with Gasteiger partial charge in [-0.15, -0.1) is 12.4 Å². The van der Waals surface area contributed by atoms with E-state index in [0.717, 1.165) is 44.2 Å². The highest BCUT2D eigenvalue weighted by molar-refractivity contribution is 6.37. The summed E-state index contributed by atoms with van der Waals surface area (Å²) in [7, 11) is 0. The molecule has 5 rings (SSSR count). The number of H-pyrrole nitrogens is 1. The highest BCUT2D eigenvalue weighted by Crippen LogP contribution is 2.32. The van der Waals surface area contributed by atoms with Crippen LogP contribution in [0.25, 0.3) is 16.7 Å². The third-order valence-electron chi connectivity index (χ3n) is 6.38. The summed E-state index contributed by atoms with van der Waals surface area (Å²) in [6, 6.07) is 13.1. The zero-order valence-electron chi connectivity index (χ0n) is 21.2. The largest absolute Gasteiger partial charge is 0.492 e. The molecule has 0 spiro atoms. The van der Waals surface area contributed by atoms with E-state index in [4.69, 9.17) is 42.8 Å². The minimum absolute atomic E-state index is 0. The van der Waals surface area contributed by atoms with Crippen LogP contribution in [0.15, 0.2) is 47.3 Å². The van der Waals surface area contributed by atoms with Gasteiger partial charge in [0.1, 0.15) is 29.3 Å². The van der Waals surface area contributed by atoms with Crippen LogP contribution in [0.3, 0.4) is 0 Å². The van der Waals surface area contributed by atoms with Crippen molar-refractivity contribution in [1.82, 2.24) is 24.6 Å². The average Bonchev–Trinajstić information content (AvgIpc) is 3.26. The first-order chi connectivity index (χ1) is 17.9. The van der Waals surface area contributed by atoms with Crippen molar-refractivity contribution in [3.8, 4) is 11.4 Å². The lowest BCUT2D eigenvalue weighted by atomic mass is 10.1. The van der Waals surface area contributed by atoms with E-state index in [1.807, 2.05) is 38.1 Å². The molecule has 0 saturated carbocycles. The number of hydrogen-bond donors (Lipinski definition) is 1. The molecule has 0 amide bonds. The van der Waals surface area contributed by atoms with Crippen molar-refractivity contribution < 1.29 is 9.47 Å². The predicted octanol–water partition coefficient (Wildman–Crippen LogP) is 5.26. The lowest BCUT2D eigenvalue weighted by molar-refractivity contribution is 0.0322. The maximum Gasteiger partial charge on any atom is 0.262 e. The number of aromatic amines is 1. The molecule has 1 saturated heterocycles. The maximum absolute atomic E-state index is 13.2. The molecule has 202 valence electrons. The number of nitrogens with zero attached hydrogens (tertiary/aromatic N) is 4. The molecule has 0 aliphatic carbocycles. The van der Waals surface area contributed by atoms with Crippen LogP contribution >= 0.6 is 35.6 Å². The van der Waals surface area contributed by atoms with E-state index >= 15 is 0 Å². The SMILES string of the molecule is CC(C)c1nn(-c2c(Cl)cccc2Cl)c2nc(Cc3ccc(OCCN4CCOCC4)cc3)[nH]c(=O)c12.Cl. The van der Waals surface area contributed by atoms with E-state index in [0.29, 0.717) is 51.3 Å². The summed E-state index contributed by atoms with van der Waals surface area (Å²) < 4.78 is 12.9.